The molecule has 16 heavy (non-hydrogen) atoms. The van der Waals surface area contributed by atoms with Gasteiger partial charge < -0.3 is 15.2 Å². The van der Waals surface area contributed by atoms with Crippen molar-refractivity contribution in [3.05, 3.63) is 29.6 Å². The molecule has 0 aliphatic heterocycles. The van der Waals surface area contributed by atoms with Gasteiger partial charge in [0.1, 0.15) is 11.9 Å². The topological polar surface area (TPSA) is 69.1 Å². The molecule has 0 aliphatic rings. The zero-order chi connectivity index (χ0) is 11.7. The van der Waals surface area contributed by atoms with Crippen LogP contribution in [0.25, 0.3) is 11.0 Å². The van der Waals surface area contributed by atoms with Crippen LogP contribution < -0.4 is 0 Å². The number of H-pyrrole nitrogens is 1. The average molecular weight is 238 g/mol. The molecule has 0 radical (unpaired) electrons. The van der Waals surface area contributed by atoms with Crippen molar-refractivity contribution in [2.24, 2.45) is 0 Å². The van der Waals surface area contributed by atoms with Crippen molar-refractivity contribution in [2.45, 2.75) is 19.1 Å². The van der Waals surface area contributed by atoms with Crippen LogP contribution >= 0.6 is 12.6 Å². The van der Waals surface area contributed by atoms with E-state index in [1.165, 1.54) is 0 Å². The standard InChI is InChI=1S/C11H14N2O2S/c1-6-12-8-3-2-7(4-9(8)13-6)11(15)10(14)5-16/h2-4,10-11,14-16H,5H2,1H3,(H,12,13). The third-order valence-corrected chi connectivity index (χ3v) is 2.89. The first-order chi connectivity index (χ1) is 7.61. The Bertz CT molecular complexity index is 498. The van der Waals surface area contributed by atoms with Crippen LogP contribution in [0.5, 0.6) is 0 Å². The van der Waals surface area contributed by atoms with Crippen LogP contribution in [-0.4, -0.2) is 32.0 Å². The van der Waals surface area contributed by atoms with Crippen LogP contribution in [0.15, 0.2) is 18.2 Å². The Kier molecular flexibility index (Phi) is 3.18. The molecule has 0 aliphatic carbocycles. The summed E-state index contributed by atoms with van der Waals surface area (Å²) < 4.78 is 0. The molecule has 0 saturated heterocycles. The number of aryl methyl sites for hydroxylation is 1. The van der Waals surface area contributed by atoms with Crippen LogP contribution in [-0.2, 0) is 0 Å². The molecule has 0 spiro atoms. The zero-order valence-corrected chi connectivity index (χ0v) is 9.78. The summed E-state index contributed by atoms with van der Waals surface area (Å²) in [6.07, 6.45) is -1.77. The Hall–Kier alpha value is -1.04. The molecule has 3 N–H and O–H groups in total. The number of aromatic amines is 1. The number of aliphatic hydroxyl groups is 2. The number of benzene rings is 1. The van der Waals surface area contributed by atoms with E-state index in [-0.39, 0.29) is 5.75 Å². The number of hydrogen-bond donors (Lipinski definition) is 4. The van der Waals surface area contributed by atoms with Crippen molar-refractivity contribution in [3.63, 3.8) is 0 Å². The van der Waals surface area contributed by atoms with Crippen LogP contribution in [0.1, 0.15) is 17.5 Å². The largest absolute Gasteiger partial charge is 0.389 e. The van der Waals surface area contributed by atoms with Gasteiger partial charge in [0.05, 0.1) is 17.1 Å². The molecule has 0 fully saturated rings. The van der Waals surface area contributed by atoms with Gasteiger partial charge in [0.2, 0.25) is 0 Å². The first-order valence-electron chi connectivity index (χ1n) is 5.05. The van der Waals surface area contributed by atoms with Crippen molar-refractivity contribution < 1.29 is 10.2 Å². The summed E-state index contributed by atoms with van der Waals surface area (Å²) in [5, 5.41) is 19.3. The fourth-order valence-electron chi connectivity index (χ4n) is 1.66. The molecule has 2 rings (SSSR count). The van der Waals surface area contributed by atoms with Gasteiger partial charge in [-0.3, -0.25) is 0 Å². The second-order valence-electron chi connectivity index (χ2n) is 3.79. The van der Waals surface area contributed by atoms with Crippen LogP contribution in [0.2, 0.25) is 0 Å². The number of rotatable bonds is 3. The summed E-state index contributed by atoms with van der Waals surface area (Å²) in [7, 11) is 0. The molecule has 0 bridgehead atoms. The molecule has 0 saturated carbocycles. The monoisotopic (exact) mass is 238 g/mol. The second-order valence-corrected chi connectivity index (χ2v) is 4.16. The van der Waals surface area contributed by atoms with Crippen molar-refractivity contribution >= 4 is 23.7 Å². The maximum atomic E-state index is 9.82. The average Bonchev–Trinajstić information content (AvgIpc) is 2.65. The van der Waals surface area contributed by atoms with Gasteiger partial charge in [0.25, 0.3) is 0 Å². The minimum absolute atomic E-state index is 0.223. The molecule has 2 unspecified atom stereocenters. The molecule has 1 aromatic heterocycles. The Labute approximate surface area is 98.7 Å². The van der Waals surface area contributed by atoms with Gasteiger partial charge in [-0.1, -0.05) is 6.07 Å². The molecular weight excluding hydrogens is 224 g/mol. The lowest BCUT2D eigenvalue weighted by atomic mass is 10.0. The molecule has 2 atom stereocenters. The molecule has 1 heterocycles. The number of hydrogen-bond acceptors (Lipinski definition) is 4. The van der Waals surface area contributed by atoms with Gasteiger partial charge in [-0.2, -0.15) is 12.6 Å². The quantitative estimate of drug-likeness (QED) is 0.607. The molecule has 5 heteroatoms. The Morgan fingerprint density at radius 3 is 2.88 bits per heavy atom. The van der Waals surface area contributed by atoms with Gasteiger partial charge in [0, 0.05) is 5.75 Å². The maximum absolute atomic E-state index is 9.82. The van der Waals surface area contributed by atoms with E-state index < -0.39 is 12.2 Å². The molecule has 86 valence electrons. The highest BCUT2D eigenvalue weighted by atomic mass is 32.1. The van der Waals surface area contributed by atoms with Crippen molar-refractivity contribution in [1.82, 2.24) is 9.97 Å². The van der Waals surface area contributed by atoms with Gasteiger partial charge in [-0.15, -0.1) is 0 Å². The Morgan fingerprint density at radius 2 is 2.19 bits per heavy atom. The number of imidazole rings is 1. The summed E-state index contributed by atoms with van der Waals surface area (Å²) in [6.45, 7) is 1.87. The fraction of sp³-hybridized carbons (Fsp3) is 0.364. The summed E-state index contributed by atoms with van der Waals surface area (Å²) in [4.78, 5) is 7.35. The van der Waals surface area contributed by atoms with E-state index in [9.17, 15) is 10.2 Å². The molecule has 1 aromatic carbocycles. The molecular formula is C11H14N2O2S. The minimum atomic E-state index is -0.912. The number of nitrogens with one attached hydrogen (secondary N) is 1. The van der Waals surface area contributed by atoms with Gasteiger partial charge >= 0.3 is 0 Å². The highest BCUT2D eigenvalue weighted by Crippen LogP contribution is 2.21. The first kappa shape index (κ1) is 11.4. The van der Waals surface area contributed by atoms with Crippen LogP contribution in [0, 0.1) is 6.92 Å². The lowest BCUT2D eigenvalue weighted by molar-refractivity contribution is 0.0338. The molecule has 2 aromatic rings. The van der Waals surface area contributed by atoms with Gasteiger partial charge in [0.15, 0.2) is 0 Å². The lowest BCUT2D eigenvalue weighted by Gasteiger charge is -2.15. The SMILES string of the molecule is Cc1nc2ccc(C(O)C(O)CS)cc2[nH]1. The summed E-state index contributed by atoms with van der Waals surface area (Å²) in [6, 6.07) is 5.38. The Morgan fingerprint density at radius 1 is 1.44 bits per heavy atom. The second kappa shape index (κ2) is 4.45. The van der Waals surface area contributed by atoms with E-state index in [0.29, 0.717) is 5.56 Å². The predicted octanol–water partition coefficient (Wildman–Crippen LogP) is 1.20. The summed E-state index contributed by atoms with van der Waals surface area (Å²) >= 11 is 3.95. The van der Waals surface area contributed by atoms with Gasteiger partial charge in [-0.05, 0) is 24.6 Å². The third kappa shape index (κ3) is 2.07. The third-order valence-electron chi connectivity index (χ3n) is 2.52. The first-order valence-corrected chi connectivity index (χ1v) is 5.68. The summed E-state index contributed by atoms with van der Waals surface area (Å²) in [5.74, 6) is 1.05. The zero-order valence-electron chi connectivity index (χ0n) is 8.88. The lowest BCUT2D eigenvalue weighted by Crippen LogP contribution is -2.19. The molecule has 4 nitrogen and oxygen atoms in total. The van der Waals surface area contributed by atoms with Crippen molar-refractivity contribution in [1.29, 1.82) is 0 Å². The van der Waals surface area contributed by atoms with E-state index in [4.69, 9.17) is 0 Å². The van der Waals surface area contributed by atoms with E-state index in [1.54, 1.807) is 12.1 Å². The summed E-state index contributed by atoms with van der Waals surface area (Å²) in [5.41, 5.74) is 2.38. The highest BCUT2D eigenvalue weighted by Gasteiger charge is 2.17. The van der Waals surface area contributed by atoms with Crippen LogP contribution in [0.3, 0.4) is 0 Å². The normalized spacial score (nSPS) is 15.2. The maximum Gasteiger partial charge on any atom is 0.106 e. The van der Waals surface area contributed by atoms with E-state index in [0.717, 1.165) is 16.9 Å². The van der Waals surface area contributed by atoms with Gasteiger partial charge in [-0.25, -0.2) is 4.98 Å². The van der Waals surface area contributed by atoms with Crippen LogP contribution in [0.4, 0.5) is 0 Å². The van der Waals surface area contributed by atoms with E-state index in [1.807, 2.05) is 13.0 Å². The predicted molar refractivity (Wildman–Crippen MR) is 65.7 cm³/mol. The minimum Gasteiger partial charge on any atom is -0.389 e. The fourth-order valence-corrected chi connectivity index (χ4v) is 1.86. The van der Waals surface area contributed by atoms with Crippen molar-refractivity contribution in [2.75, 3.05) is 5.75 Å². The highest BCUT2D eigenvalue weighted by molar-refractivity contribution is 7.80. The molecule has 0 amide bonds. The number of aromatic nitrogens is 2. The number of nitrogens with zero attached hydrogens (tertiary/aromatic N) is 1. The number of thiol groups is 1. The number of aliphatic hydroxyl groups excluding tert-OH is 2. The Balaban J connectivity index is 2.38. The smallest absolute Gasteiger partial charge is 0.106 e. The van der Waals surface area contributed by atoms with E-state index in [2.05, 4.69) is 22.6 Å². The number of fused-ring (bicyclic) bond motifs is 1. The van der Waals surface area contributed by atoms with E-state index >= 15 is 0 Å². The van der Waals surface area contributed by atoms with Crippen molar-refractivity contribution in [3.8, 4) is 0 Å².